The Morgan fingerprint density at radius 3 is 2.62 bits per heavy atom. The Hall–Kier alpha value is -0.670. The summed E-state index contributed by atoms with van der Waals surface area (Å²) in [5, 5.41) is 20.7. The molecule has 0 aromatic rings. The largest absolute Gasteiger partial charge is 0.393 e. The van der Waals surface area contributed by atoms with E-state index in [4.69, 9.17) is 0 Å². The number of aliphatic hydroxyl groups is 2. The summed E-state index contributed by atoms with van der Waals surface area (Å²) in [7, 11) is 0. The molecular formula is C21H32O3. The van der Waals surface area contributed by atoms with Crippen LogP contribution in [0.3, 0.4) is 0 Å². The van der Waals surface area contributed by atoms with E-state index in [0.717, 1.165) is 44.9 Å². The van der Waals surface area contributed by atoms with Crippen molar-refractivity contribution in [2.45, 2.75) is 77.9 Å². The number of hydrogen-bond acceptors (Lipinski definition) is 3. The summed E-state index contributed by atoms with van der Waals surface area (Å²) in [5.41, 5.74) is 1.68. The van der Waals surface area contributed by atoms with Crippen molar-refractivity contribution in [1.82, 2.24) is 0 Å². The van der Waals surface area contributed by atoms with Gasteiger partial charge in [0.25, 0.3) is 0 Å². The van der Waals surface area contributed by atoms with Gasteiger partial charge in [-0.1, -0.05) is 25.5 Å². The maximum absolute atomic E-state index is 12.2. The van der Waals surface area contributed by atoms with Crippen LogP contribution in [0.4, 0.5) is 0 Å². The predicted molar refractivity (Wildman–Crippen MR) is 93.3 cm³/mol. The van der Waals surface area contributed by atoms with Gasteiger partial charge in [-0.05, 0) is 80.5 Å². The van der Waals surface area contributed by atoms with E-state index in [2.05, 4.69) is 19.9 Å². The lowest BCUT2D eigenvalue weighted by Crippen LogP contribution is -2.51. The average Bonchev–Trinajstić information content (AvgIpc) is 2.78. The zero-order chi connectivity index (χ0) is 17.3. The van der Waals surface area contributed by atoms with Crippen LogP contribution in [0.15, 0.2) is 11.6 Å². The van der Waals surface area contributed by atoms with Gasteiger partial charge >= 0.3 is 0 Å². The number of ketones is 1. The summed E-state index contributed by atoms with van der Waals surface area (Å²) in [6, 6.07) is 0. The molecule has 3 fully saturated rings. The molecule has 0 bridgehead atoms. The molecule has 3 heteroatoms. The van der Waals surface area contributed by atoms with Crippen LogP contribution in [0, 0.1) is 34.5 Å². The molecule has 4 rings (SSSR count). The zero-order valence-corrected chi connectivity index (χ0v) is 15.3. The molecule has 0 saturated heterocycles. The second kappa shape index (κ2) is 5.41. The molecule has 134 valence electrons. The summed E-state index contributed by atoms with van der Waals surface area (Å²) >= 11 is 0. The Morgan fingerprint density at radius 1 is 1.17 bits per heavy atom. The molecule has 0 amide bonds. The van der Waals surface area contributed by atoms with E-state index < -0.39 is 6.10 Å². The summed E-state index contributed by atoms with van der Waals surface area (Å²) in [6.45, 7) is 6.34. The normalized spacial score (nSPS) is 53.6. The molecule has 2 N–H and O–H groups in total. The Morgan fingerprint density at radius 2 is 1.92 bits per heavy atom. The monoisotopic (exact) mass is 332 g/mol. The van der Waals surface area contributed by atoms with Gasteiger partial charge in [0.05, 0.1) is 12.2 Å². The van der Waals surface area contributed by atoms with Gasteiger partial charge in [0.1, 0.15) is 5.78 Å². The first kappa shape index (κ1) is 16.8. The predicted octanol–water partition coefficient (Wildman–Crippen LogP) is 3.49. The molecular weight excluding hydrogens is 300 g/mol. The molecule has 8 atom stereocenters. The minimum absolute atomic E-state index is 0.0255. The number of fused-ring (bicyclic) bond motifs is 5. The molecule has 0 radical (unpaired) electrons. The molecule has 3 nitrogen and oxygen atoms in total. The number of Topliss-reactive ketones (excluding diaryl/α,β-unsaturated/α-hetero) is 1. The van der Waals surface area contributed by atoms with E-state index in [-0.39, 0.29) is 28.6 Å². The molecule has 24 heavy (non-hydrogen) atoms. The van der Waals surface area contributed by atoms with Gasteiger partial charge in [0.15, 0.2) is 0 Å². The fraction of sp³-hybridized carbons (Fsp3) is 0.857. The molecule has 4 aliphatic rings. The molecule has 7 unspecified atom stereocenters. The number of carbonyl (C=O) groups is 1. The maximum Gasteiger partial charge on any atom is 0.136 e. The fourth-order valence-electron chi connectivity index (χ4n) is 7.39. The van der Waals surface area contributed by atoms with Crippen molar-refractivity contribution in [2.24, 2.45) is 34.5 Å². The van der Waals surface area contributed by atoms with Crippen molar-refractivity contribution < 1.29 is 15.0 Å². The average molecular weight is 332 g/mol. The van der Waals surface area contributed by atoms with E-state index in [1.807, 2.05) is 0 Å². The molecule has 0 spiro atoms. The Bertz CT molecular complexity index is 582. The number of allylic oxidation sites excluding steroid dienone is 1. The third kappa shape index (κ3) is 2.13. The maximum atomic E-state index is 12.2. The van der Waals surface area contributed by atoms with Crippen molar-refractivity contribution >= 4 is 5.78 Å². The summed E-state index contributed by atoms with van der Waals surface area (Å²) in [5.74, 6) is 1.70. The summed E-state index contributed by atoms with van der Waals surface area (Å²) in [6.07, 6.45) is 8.73. The van der Waals surface area contributed by atoms with E-state index in [1.54, 1.807) is 6.92 Å². The van der Waals surface area contributed by atoms with Crippen LogP contribution in [0.1, 0.15) is 65.7 Å². The van der Waals surface area contributed by atoms with E-state index in [9.17, 15) is 15.0 Å². The van der Waals surface area contributed by atoms with Gasteiger partial charge < -0.3 is 10.2 Å². The third-order valence-corrected chi connectivity index (χ3v) is 8.54. The highest BCUT2D eigenvalue weighted by molar-refractivity contribution is 5.80. The highest BCUT2D eigenvalue weighted by atomic mass is 16.3. The molecule has 0 aliphatic heterocycles. The van der Waals surface area contributed by atoms with Crippen LogP contribution in [-0.2, 0) is 4.79 Å². The second-order valence-electron chi connectivity index (χ2n) is 9.59. The molecule has 0 aromatic heterocycles. The van der Waals surface area contributed by atoms with Crippen LogP contribution < -0.4 is 0 Å². The quantitative estimate of drug-likeness (QED) is 0.723. The van der Waals surface area contributed by atoms with Gasteiger partial charge in [-0.15, -0.1) is 0 Å². The van der Waals surface area contributed by atoms with E-state index in [1.165, 1.54) is 5.57 Å². The number of rotatable bonds is 1. The first-order valence-electron chi connectivity index (χ1n) is 9.83. The second-order valence-corrected chi connectivity index (χ2v) is 9.59. The van der Waals surface area contributed by atoms with Crippen molar-refractivity contribution in [3.05, 3.63) is 11.6 Å². The highest BCUT2D eigenvalue weighted by Gasteiger charge is 2.61. The van der Waals surface area contributed by atoms with Gasteiger partial charge in [-0.2, -0.15) is 0 Å². The van der Waals surface area contributed by atoms with Crippen LogP contribution >= 0.6 is 0 Å². The van der Waals surface area contributed by atoms with E-state index in [0.29, 0.717) is 17.8 Å². The SMILES string of the molecule is CC(=O)C1[C@H](O)CC2C3CC=C4CC(O)CCC4(C)C3CCC21C. The van der Waals surface area contributed by atoms with Gasteiger partial charge in [-0.3, -0.25) is 4.79 Å². The fourth-order valence-corrected chi connectivity index (χ4v) is 7.39. The van der Waals surface area contributed by atoms with Crippen molar-refractivity contribution in [3.63, 3.8) is 0 Å². The Kier molecular flexibility index (Phi) is 3.78. The van der Waals surface area contributed by atoms with Crippen molar-refractivity contribution in [2.75, 3.05) is 0 Å². The smallest absolute Gasteiger partial charge is 0.136 e. The minimum Gasteiger partial charge on any atom is -0.393 e. The summed E-state index contributed by atoms with van der Waals surface area (Å²) < 4.78 is 0. The van der Waals surface area contributed by atoms with Crippen LogP contribution in [-0.4, -0.2) is 28.2 Å². The lowest BCUT2D eigenvalue weighted by Gasteiger charge is -2.57. The van der Waals surface area contributed by atoms with Crippen molar-refractivity contribution in [1.29, 1.82) is 0 Å². The van der Waals surface area contributed by atoms with Gasteiger partial charge in [0, 0.05) is 5.92 Å². The Balaban J connectivity index is 1.68. The lowest BCUT2D eigenvalue weighted by molar-refractivity contribution is -0.130. The van der Waals surface area contributed by atoms with Gasteiger partial charge in [-0.25, -0.2) is 0 Å². The third-order valence-electron chi connectivity index (χ3n) is 8.54. The minimum atomic E-state index is -0.456. The zero-order valence-electron chi connectivity index (χ0n) is 15.3. The van der Waals surface area contributed by atoms with Crippen LogP contribution in [0.2, 0.25) is 0 Å². The lowest BCUT2D eigenvalue weighted by atomic mass is 9.47. The molecule has 0 aromatic carbocycles. The first-order chi connectivity index (χ1) is 11.3. The Labute approximate surface area is 145 Å². The van der Waals surface area contributed by atoms with Crippen molar-refractivity contribution in [3.8, 4) is 0 Å². The number of aliphatic hydroxyl groups excluding tert-OH is 2. The molecule has 0 heterocycles. The number of carbonyl (C=O) groups excluding carboxylic acids is 1. The first-order valence-corrected chi connectivity index (χ1v) is 9.83. The number of hydrogen-bond donors (Lipinski definition) is 2. The highest BCUT2D eigenvalue weighted by Crippen LogP contribution is 2.66. The van der Waals surface area contributed by atoms with Crippen LogP contribution in [0.25, 0.3) is 0 Å². The topological polar surface area (TPSA) is 57.5 Å². The molecule has 3 saturated carbocycles. The molecule has 4 aliphatic carbocycles. The van der Waals surface area contributed by atoms with Crippen LogP contribution in [0.5, 0.6) is 0 Å². The standard InChI is InChI=1S/C21H32O3/c1-12(22)19-18(24)11-17-15-5-4-13-10-14(23)6-8-20(13,2)16(15)7-9-21(17,19)3/h4,14-19,23-24H,5-11H2,1-3H3/t14?,15?,16?,17?,18-,19?,20?,21?/m1/s1. The van der Waals surface area contributed by atoms with E-state index >= 15 is 0 Å². The van der Waals surface area contributed by atoms with Gasteiger partial charge in [0.2, 0.25) is 0 Å². The summed E-state index contributed by atoms with van der Waals surface area (Å²) in [4.78, 5) is 12.2.